The molecule has 1 saturated heterocycles. The summed E-state index contributed by atoms with van der Waals surface area (Å²) in [6, 6.07) is -0.381. The second-order valence-corrected chi connectivity index (χ2v) is 7.55. The summed E-state index contributed by atoms with van der Waals surface area (Å²) in [6.45, 7) is 15.8. The summed E-state index contributed by atoms with van der Waals surface area (Å²) in [7, 11) is 0. The molecule has 0 aromatic rings. The van der Waals surface area contributed by atoms with E-state index in [1.807, 2.05) is 27.7 Å². The van der Waals surface area contributed by atoms with Crippen molar-refractivity contribution in [2.24, 2.45) is 11.3 Å². The molecule has 5 heteroatoms. The van der Waals surface area contributed by atoms with E-state index in [1.54, 1.807) is 11.0 Å². The monoisotopic (exact) mass is 324 g/mol. The Hall–Kier alpha value is -1.36. The molecule has 1 aliphatic rings. The van der Waals surface area contributed by atoms with Crippen LogP contribution in [0.5, 0.6) is 0 Å². The van der Waals surface area contributed by atoms with Gasteiger partial charge in [-0.1, -0.05) is 40.2 Å². The number of nitrogens with one attached hydrogen (secondary N) is 1. The molecule has 1 unspecified atom stereocenters. The van der Waals surface area contributed by atoms with Gasteiger partial charge >= 0.3 is 6.03 Å². The number of ether oxygens (including phenoxy) is 1. The molecule has 132 valence electrons. The minimum Gasteiger partial charge on any atom is -0.354 e. The van der Waals surface area contributed by atoms with Gasteiger partial charge in [0, 0.05) is 5.41 Å². The molecule has 0 spiro atoms. The van der Waals surface area contributed by atoms with Crippen molar-refractivity contribution in [3.8, 4) is 0 Å². The van der Waals surface area contributed by atoms with E-state index >= 15 is 0 Å². The number of hydrogen-bond acceptors (Lipinski definition) is 3. The highest BCUT2D eigenvalue weighted by atomic mass is 16.5. The molecule has 0 aromatic heterocycles. The van der Waals surface area contributed by atoms with Crippen molar-refractivity contribution in [3.05, 3.63) is 12.7 Å². The van der Waals surface area contributed by atoms with Gasteiger partial charge < -0.3 is 4.74 Å². The minimum absolute atomic E-state index is 0.0147. The van der Waals surface area contributed by atoms with Crippen molar-refractivity contribution in [1.82, 2.24) is 10.2 Å². The van der Waals surface area contributed by atoms with Crippen LogP contribution in [0.1, 0.15) is 60.8 Å². The number of hydrogen-bond donors (Lipinski definition) is 1. The average Bonchev–Trinajstić information content (AvgIpc) is 2.79. The molecule has 0 aliphatic carbocycles. The molecular weight excluding hydrogens is 292 g/mol. The van der Waals surface area contributed by atoms with Gasteiger partial charge in [-0.15, -0.1) is 6.58 Å². The second-order valence-electron chi connectivity index (χ2n) is 7.55. The van der Waals surface area contributed by atoms with Gasteiger partial charge in [0.2, 0.25) is 5.91 Å². The van der Waals surface area contributed by atoms with Crippen LogP contribution in [0.15, 0.2) is 12.7 Å². The number of urea groups is 1. The van der Waals surface area contributed by atoms with Crippen LogP contribution < -0.4 is 5.32 Å². The number of nitrogens with zero attached hydrogens (tertiary/aromatic N) is 1. The molecule has 0 saturated carbocycles. The van der Waals surface area contributed by atoms with E-state index in [9.17, 15) is 9.59 Å². The topological polar surface area (TPSA) is 58.6 Å². The lowest BCUT2D eigenvalue weighted by molar-refractivity contribution is -0.129. The van der Waals surface area contributed by atoms with Crippen LogP contribution in [0.4, 0.5) is 4.79 Å². The van der Waals surface area contributed by atoms with Gasteiger partial charge in [-0.25, -0.2) is 4.79 Å². The van der Waals surface area contributed by atoms with Crippen molar-refractivity contribution in [2.75, 3.05) is 6.61 Å². The van der Waals surface area contributed by atoms with Crippen molar-refractivity contribution < 1.29 is 14.3 Å². The molecule has 2 atom stereocenters. The predicted molar refractivity (Wildman–Crippen MR) is 91.9 cm³/mol. The lowest BCUT2D eigenvalue weighted by Gasteiger charge is -2.36. The maximum Gasteiger partial charge on any atom is 0.326 e. The lowest BCUT2D eigenvalue weighted by Crippen LogP contribution is -2.56. The number of carbonyl (C=O) groups excluding carboxylic acids is 2. The maximum atomic E-state index is 12.7. The zero-order chi connectivity index (χ0) is 17.8. The van der Waals surface area contributed by atoms with Crippen LogP contribution in [-0.2, 0) is 9.53 Å². The van der Waals surface area contributed by atoms with Crippen molar-refractivity contribution in [2.45, 2.75) is 72.6 Å². The van der Waals surface area contributed by atoms with Crippen LogP contribution in [-0.4, -0.2) is 35.2 Å². The number of rotatable bonds is 6. The molecule has 1 rings (SSSR count). The molecule has 1 aliphatic heterocycles. The summed E-state index contributed by atoms with van der Waals surface area (Å²) >= 11 is 0. The summed E-state index contributed by atoms with van der Waals surface area (Å²) in [5.41, 5.74) is -1.32. The third-order valence-corrected chi connectivity index (χ3v) is 4.85. The normalized spacial score (nSPS) is 21.8. The van der Waals surface area contributed by atoms with Crippen LogP contribution >= 0.6 is 0 Å². The van der Waals surface area contributed by atoms with E-state index in [1.165, 1.54) is 0 Å². The first-order valence-corrected chi connectivity index (χ1v) is 8.46. The van der Waals surface area contributed by atoms with Crippen molar-refractivity contribution in [1.29, 1.82) is 0 Å². The number of carbonyl (C=O) groups is 2. The highest BCUT2D eigenvalue weighted by molar-refractivity contribution is 5.97. The Morgan fingerprint density at radius 3 is 2.61 bits per heavy atom. The Morgan fingerprint density at radius 1 is 1.48 bits per heavy atom. The Kier molecular flexibility index (Phi) is 6.40. The second kappa shape index (κ2) is 7.47. The Labute approximate surface area is 140 Å². The molecule has 5 nitrogen and oxygen atoms in total. The lowest BCUT2D eigenvalue weighted by atomic mass is 9.87. The van der Waals surface area contributed by atoms with Gasteiger partial charge in [-0.3, -0.25) is 15.0 Å². The predicted octanol–water partition coefficient (Wildman–Crippen LogP) is 3.70. The zero-order valence-corrected chi connectivity index (χ0v) is 15.4. The smallest absolute Gasteiger partial charge is 0.326 e. The summed E-state index contributed by atoms with van der Waals surface area (Å²) in [5, 5.41) is 2.57. The fourth-order valence-corrected chi connectivity index (χ4v) is 2.82. The van der Waals surface area contributed by atoms with E-state index in [4.69, 9.17) is 4.74 Å². The van der Waals surface area contributed by atoms with Gasteiger partial charge in [0.05, 0.1) is 12.6 Å². The maximum absolute atomic E-state index is 12.7. The van der Waals surface area contributed by atoms with Crippen molar-refractivity contribution in [3.63, 3.8) is 0 Å². The van der Waals surface area contributed by atoms with Crippen LogP contribution in [0.3, 0.4) is 0 Å². The van der Waals surface area contributed by atoms with E-state index in [-0.39, 0.29) is 18.0 Å². The number of allylic oxidation sites excluding steroid dienone is 1. The summed E-state index contributed by atoms with van der Waals surface area (Å²) < 4.78 is 5.78. The van der Waals surface area contributed by atoms with Crippen LogP contribution in [0.2, 0.25) is 0 Å². The molecule has 1 fully saturated rings. The fourth-order valence-electron chi connectivity index (χ4n) is 2.82. The average molecular weight is 324 g/mol. The summed E-state index contributed by atoms with van der Waals surface area (Å²) in [5.74, 6) is 0.0568. The highest BCUT2D eigenvalue weighted by Gasteiger charge is 2.46. The third kappa shape index (κ3) is 4.56. The van der Waals surface area contributed by atoms with E-state index in [0.29, 0.717) is 18.9 Å². The molecule has 0 bridgehead atoms. The van der Waals surface area contributed by atoms with E-state index < -0.39 is 11.1 Å². The molecule has 0 aromatic carbocycles. The van der Waals surface area contributed by atoms with E-state index in [2.05, 4.69) is 25.7 Å². The number of amides is 3. The Balaban J connectivity index is 2.85. The molecule has 0 radical (unpaired) electrons. The van der Waals surface area contributed by atoms with Crippen LogP contribution in [0.25, 0.3) is 0 Å². The van der Waals surface area contributed by atoms with Crippen molar-refractivity contribution >= 4 is 11.9 Å². The summed E-state index contributed by atoms with van der Waals surface area (Å²) in [4.78, 5) is 26.9. The third-order valence-electron chi connectivity index (χ3n) is 4.85. The first-order chi connectivity index (χ1) is 10.6. The van der Waals surface area contributed by atoms with Gasteiger partial charge in [-0.2, -0.15) is 0 Å². The molecule has 1 heterocycles. The molecular formula is C18H32N2O3. The van der Waals surface area contributed by atoms with Gasteiger partial charge in [-0.05, 0) is 32.6 Å². The quantitative estimate of drug-likeness (QED) is 0.758. The van der Waals surface area contributed by atoms with Gasteiger partial charge in [0.1, 0.15) is 5.72 Å². The molecule has 23 heavy (non-hydrogen) atoms. The Bertz CT molecular complexity index is 457. The van der Waals surface area contributed by atoms with E-state index in [0.717, 1.165) is 12.8 Å². The largest absolute Gasteiger partial charge is 0.354 e. The summed E-state index contributed by atoms with van der Waals surface area (Å²) in [6.07, 6.45) is 4.13. The molecule has 1 N–H and O–H groups in total. The minimum atomic E-state index is -0.705. The first kappa shape index (κ1) is 19.7. The first-order valence-electron chi connectivity index (χ1n) is 8.46. The van der Waals surface area contributed by atoms with Gasteiger partial charge in [0.15, 0.2) is 0 Å². The fraction of sp³-hybridized carbons (Fsp3) is 0.778. The van der Waals surface area contributed by atoms with Gasteiger partial charge in [0.25, 0.3) is 0 Å². The SMILES string of the molecule is C=CCCC(C)(C)C(=O)NC(=O)N1[C@@H](C(C)CC)COC1(C)C. The highest BCUT2D eigenvalue weighted by Crippen LogP contribution is 2.32. The standard InChI is InChI=1S/C18H32N2O3/c1-8-10-11-17(4,5)15(21)19-16(22)20-14(13(3)9-2)12-23-18(20,6)7/h8,13-14H,1,9-12H2,2-7H3,(H,19,21,22)/t13?,14-/m1/s1. The zero-order valence-electron chi connectivity index (χ0n) is 15.4. The van der Waals surface area contributed by atoms with Crippen LogP contribution in [0, 0.1) is 11.3 Å². The Morgan fingerprint density at radius 2 is 2.09 bits per heavy atom. The molecule has 3 amide bonds. The number of imide groups is 1.